The topological polar surface area (TPSA) is 90.2 Å². The van der Waals surface area contributed by atoms with Gasteiger partial charge in [0.1, 0.15) is 17.9 Å². The van der Waals surface area contributed by atoms with Gasteiger partial charge >= 0.3 is 5.63 Å². The van der Waals surface area contributed by atoms with Crippen molar-refractivity contribution in [3.8, 4) is 17.2 Å². The SMILES string of the molecule is CCN(CC)CCOc1cc(NC(=O)COc2ccc3ccc(=O)oc3c2)ccc1OC. The number of benzene rings is 2. The predicted octanol–water partition coefficient (Wildman–Crippen LogP) is 3.54. The summed E-state index contributed by atoms with van der Waals surface area (Å²) >= 11 is 0. The molecule has 0 unspecified atom stereocenters. The van der Waals surface area contributed by atoms with Crippen LogP contribution in [0.2, 0.25) is 0 Å². The maximum Gasteiger partial charge on any atom is 0.336 e. The highest BCUT2D eigenvalue weighted by molar-refractivity contribution is 5.92. The van der Waals surface area contributed by atoms with Crippen molar-refractivity contribution < 1.29 is 23.4 Å². The first kappa shape index (κ1) is 23.1. The predicted molar refractivity (Wildman–Crippen MR) is 123 cm³/mol. The molecule has 1 aromatic heterocycles. The summed E-state index contributed by atoms with van der Waals surface area (Å²) in [5.74, 6) is 1.25. The van der Waals surface area contributed by atoms with Crippen LogP contribution >= 0.6 is 0 Å². The Bertz CT molecular complexity index is 1110. The molecule has 0 spiro atoms. The summed E-state index contributed by atoms with van der Waals surface area (Å²) in [5.41, 5.74) is 0.529. The number of rotatable bonds is 11. The number of nitrogens with zero attached hydrogens (tertiary/aromatic N) is 1. The van der Waals surface area contributed by atoms with Crippen LogP contribution in [0.25, 0.3) is 11.0 Å². The van der Waals surface area contributed by atoms with Gasteiger partial charge in [-0.1, -0.05) is 13.8 Å². The van der Waals surface area contributed by atoms with Crippen molar-refractivity contribution in [3.63, 3.8) is 0 Å². The number of hydrogen-bond acceptors (Lipinski definition) is 7. The molecule has 0 bridgehead atoms. The van der Waals surface area contributed by atoms with Crippen LogP contribution in [0.15, 0.2) is 57.7 Å². The van der Waals surface area contributed by atoms with Gasteiger partial charge in [0.05, 0.1) is 7.11 Å². The summed E-state index contributed by atoms with van der Waals surface area (Å²) in [7, 11) is 1.57. The number of anilines is 1. The third-order valence-electron chi connectivity index (χ3n) is 4.97. The molecule has 0 radical (unpaired) electrons. The largest absolute Gasteiger partial charge is 0.493 e. The van der Waals surface area contributed by atoms with Crippen LogP contribution in [0.3, 0.4) is 0 Å². The van der Waals surface area contributed by atoms with Crippen LogP contribution in [0.1, 0.15) is 13.8 Å². The van der Waals surface area contributed by atoms with Crippen LogP contribution < -0.4 is 25.2 Å². The first-order valence-electron chi connectivity index (χ1n) is 10.5. The van der Waals surface area contributed by atoms with Crippen LogP contribution in [0.4, 0.5) is 5.69 Å². The molecule has 0 aliphatic heterocycles. The summed E-state index contributed by atoms with van der Waals surface area (Å²) in [6, 6.07) is 13.3. The zero-order valence-electron chi connectivity index (χ0n) is 18.6. The number of methoxy groups -OCH3 is 1. The maximum absolute atomic E-state index is 12.4. The molecule has 32 heavy (non-hydrogen) atoms. The van der Waals surface area contributed by atoms with Crippen molar-refractivity contribution in [1.29, 1.82) is 0 Å². The van der Waals surface area contributed by atoms with Crippen molar-refractivity contribution in [2.75, 3.05) is 45.3 Å². The number of carbonyl (C=O) groups excluding carboxylic acids is 1. The second-order valence-electron chi connectivity index (χ2n) is 7.03. The zero-order chi connectivity index (χ0) is 22.9. The minimum Gasteiger partial charge on any atom is -0.493 e. The van der Waals surface area contributed by atoms with Crippen LogP contribution in [0.5, 0.6) is 17.2 Å². The molecule has 0 saturated heterocycles. The first-order valence-corrected chi connectivity index (χ1v) is 10.5. The van der Waals surface area contributed by atoms with E-state index in [1.165, 1.54) is 6.07 Å². The Morgan fingerprint density at radius 2 is 1.78 bits per heavy atom. The van der Waals surface area contributed by atoms with Gasteiger partial charge in [-0.2, -0.15) is 0 Å². The highest BCUT2D eigenvalue weighted by Gasteiger charge is 2.10. The third-order valence-corrected chi connectivity index (χ3v) is 4.97. The number of hydrogen-bond donors (Lipinski definition) is 1. The Hall–Kier alpha value is -3.52. The standard InChI is InChI=1S/C24H28N2O6/c1-4-26(5-2)12-13-30-22-14-18(8-10-20(22)29-3)25-23(27)16-31-19-9-6-17-7-11-24(28)32-21(17)15-19/h6-11,14-15H,4-5,12-13,16H2,1-3H3,(H,25,27). The Kier molecular flexibility index (Phi) is 8.10. The molecule has 0 fully saturated rings. The fourth-order valence-electron chi connectivity index (χ4n) is 3.17. The van der Waals surface area contributed by atoms with Crippen LogP contribution in [-0.4, -0.2) is 50.8 Å². The van der Waals surface area contributed by atoms with E-state index in [-0.39, 0.29) is 12.5 Å². The van der Waals surface area contributed by atoms with Gasteiger partial charge in [0, 0.05) is 35.8 Å². The molecule has 8 nitrogen and oxygen atoms in total. The molecule has 2 aromatic carbocycles. The average Bonchev–Trinajstić information content (AvgIpc) is 2.80. The van der Waals surface area contributed by atoms with E-state index in [2.05, 4.69) is 24.1 Å². The lowest BCUT2D eigenvalue weighted by atomic mass is 10.2. The van der Waals surface area contributed by atoms with Gasteiger partial charge in [0.2, 0.25) is 0 Å². The fraction of sp³-hybridized carbons (Fsp3) is 0.333. The van der Waals surface area contributed by atoms with Gasteiger partial charge in [-0.25, -0.2) is 4.79 Å². The van der Waals surface area contributed by atoms with Gasteiger partial charge in [-0.15, -0.1) is 0 Å². The van der Waals surface area contributed by atoms with E-state index in [1.54, 1.807) is 49.6 Å². The lowest BCUT2D eigenvalue weighted by Crippen LogP contribution is -2.28. The summed E-state index contributed by atoms with van der Waals surface area (Å²) in [4.78, 5) is 26.0. The van der Waals surface area contributed by atoms with Crippen molar-refractivity contribution in [3.05, 3.63) is 59.0 Å². The van der Waals surface area contributed by atoms with E-state index in [9.17, 15) is 9.59 Å². The second kappa shape index (κ2) is 11.2. The van der Waals surface area contributed by atoms with Gasteiger partial charge in [0.15, 0.2) is 18.1 Å². The second-order valence-corrected chi connectivity index (χ2v) is 7.03. The van der Waals surface area contributed by atoms with E-state index < -0.39 is 5.63 Å². The molecular formula is C24H28N2O6. The van der Waals surface area contributed by atoms with Gasteiger partial charge in [0.25, 0.3) is 5.91 Å². The normalized spacial score (nSPS) is 10.9. The van der Waals surface area contributed by atoms with Gasteiger partial charge < -0.3 is 28.8 Å². The van der Waals surface area contributed by atoms with Crippen molar-refractivity contribution in [2.24, 2.45) is 0 Å². The number of fused-ring (bicyclic) bond motifs is 1. The maximum atomic E-state index is 12.4. The Balaban J connectivity index is 1.58. The third kappa shape index (κ3) is 6.24. The monoisotopic (exact) mass is 440 g/mol. The molecule has 3 rings (SSSR count). The van der Waals surface area contributed by atoms with E-state index in [4.69, 9.17) is 18.6 Å². The van der Waals surface area contributed by atoms with Gasteiger partial charge in [-0.3, -0.25) is 4.79 Å². The van der Waals surface area contributed by atoms with Crippen molar-refractivity contribution >= 4 is 22.6 Å². The molecule has 8 heteroatoms. The number of amides is 1. The minimum absolute atomic E-state index is 0.202. The number of nitrogens with one attached hydrogen (secondary N) is 1. The first-order chi connectivity index (χ1) is 15.5. The molecule has 170 valence electrons. The summed E-state index contributed by atoms with van der Waals surface area (Å²) in [5, 5.41) is 3.56. The highest BCUT2D eigenvalue weighted by Crippen LogP contribution is 2.30. The Morgan fingerprint density at radius 3 is 2.53 bits per heavy atom. The van der Waals surface area contributed by atoms with E-state index in [1.807, 2.05) is 0 Å². The summed E-state index contributed by atoms with van der Waals surface area (Å²) < 4.78 is 21.9. The van der Waals surface area contributed by atoms with E-state index in [0.717, 1.165) is 25.0 Å². The molecule has 0 aliphatic carbocycles. The summed E-state index contributed by atoms with van der Waals surface area (Å²) in [6.07, 6.45) is 0. The lowest BCUT2D eigenvalue weighted by Gasteiger charge is -2.19. The molecule has 0 atom stereocenters. The average molecular weight is 440 g/mol. The van der Waals surface area contributed by atoms with Gasteiger partial charge in [-0.05, 0) is 43.4 Å². The van der Waals surface area contributed by atoms with E-state index >= 15 is 0 Å². The van der Waals surface area contributed by atoms with Crippen molar-refractivity contribution in [1.82, 2.24) is 4.90 Å². The van der Waals surface area contributed by atoms with Crippen molar-refractivity contribution in [2.45, 2.75) is 13.8 Å². The zero-order valence-corrected chi connectivity index (χ0v) is 18.6. The molecule has 3 aromatic rings. The molecular weight excluding hydrogens is 412 g/mol. The molecule has 1 N–H and O–H groups in total. The smallest absolute Gasteiger partial charge is 0.336 e. The molecule has 0 aliphatic rings. The van der Waals surface area contributed by atoms with Crippen LogP contribution in [0, 0.1) is 0 Å². The fourth-order valence-corrected chi connectivity index (χ4v) is 3.17. The molecule has 1 amide bonds. The molecule has 1 heterocycles. The molecule has 0 saturated carbocycles. The number of ether oxygens (including phenoxy) is 3. The Labute approximate surface area is 186 Å². The highest BCUT2D eigenvalue weighted by atomic mass is 16.5. The number of likely N-dealkylation sites (N-methyl/N-ethyl adjacent to an activating group) is 1. The van der Waals surface area contributed by atoms with E-state index in [0.29, 0.717) is 35.1 Å². The quantitative estimate of drug-likeness (QED) is 0.456. The lowest BCUT2D eigenvalue weighted by molar-refractivity contribution is -0.118. The minimum atomic E-state index is -0.443. The summed E-state index contributed by atoms with van der Waals surface area (Å²) in [6.45, 7) is 7.23. The Morgan fingerprint density at radius 1 is 1.00 bits per heavy atom. The van der Waals surface area contributed by atoms with Crippen LogP contribution in [-0.2, 0) is 4.79 Å². The number of carbonyl (C=O) groups is 1.